The van der Waals surface area contributed by atoms with Gasteiger partial charge in [0.15, 0.2) is 0 Å². The van der Waals surface area contributed by atoms with E-state index >= 15 is 0 Å². The molecule has 1 saturated carbocycles. The molecule has 1 aliphatic carbocycles. The molecule has 1 N–H and O–H groups in total. The number of rotatable bonds is 8. The van der Waals surface area contributed by atoms with Crippen LogP contribution in [0.1, 0.15) is 51.9 Å². The van der Waals surface area contributed by atoms with Crippen molar-refractivity contribution in [3.8, 4) is 0 Å². The summed E-state index contributed by atoms with van der Waals surface area (Å²) < 4.78 is 10.5. The highest BCUT2D eigenvalue weighted by atomic mass is 16.6. The van der Waals surface area contributed by atoms with Crippen molar-refractivity contribution >= 4 is 17.7 Å². The van der Waals surface area contributed by atoms with Crippen molar-refractivity contribution < 1.29 is 19.1 Å². The monoisotopic (exact) mass is 347 g/mol. The Labute approximate surface area is 150 Å². The van der Waals surface area contributed by atoms with Crippen molar-refractivity contribution in [1.29, 1.82) is 0 Å². The standard InChI is InChI=1S/C20H29NO4/c1-3-4-6-11-17-15(14-19(22)24-2)12-13-18(17)25-20(23)21-16-9-7-5-8-10-16/h5,7-10,15,17-18H,3-4,6,11-14H2,1-2H3,(H,21,23)/t15-,17+,18+/m1/s1. The first kappa shape index (κ1) is 19.3. The average molecular weight is 347 g/mol. The highest BCUT2D eigenvalue weighted by Gasteiger charge is 2.39. The quantitative estimate of drug-likeness (QED) is 0.543. The number of ether oxygens (including phenoxy) is 2. The third kappa shape index (κ3) is 6.07. The SMILES string of the molecule is CCCCC[C@H]1[C@@H](CC(=O)OC)CC[C@@H]1OC(=O)Nc1ccccc1. The average Bonchev–Trinajstić information content (AvgIpc) is 2.97. The van der Waals surface area contributed by atoms with Gasteiger partial charge in [0.05, 0.1) is 7.11 Å². The van der Waals surface area contributed by atoms with E-state index in [1.807, 2.05) is 30.3 Å². The summed E-state index contributed by atoms with van der Waals surface area (Å²) in [6.45, 7) is 2.17. The maximum Gasteiger partial charge on any atom is 0.411 e. The second-order valence-electron chi connectivity index (χ2n) is 6.71. The van der Waals surface area contributed by atoms with Crippen LogP contribution in [0.2, 0.25) is 0 Å². The van der Waals surface area contributed by atoms with Crippen LogP contribution in [0.4, 0.5) is 10.5 Å². The third-order valence-corrected chi connectivity index (χ3v) is 4.98. The molecule has 0 saturated heterocycles. The molecule has 0 aromatic heterocycles. The lowest BCUT2D eigenvalue weighted by Gasteiger charge is -2.24. The van der Waals surface area contributed by atoms with E-state index in [0.717, 1.165) is 44.2 Å². The Balaban J connectivity index is 1.93. The van der Waals surface area contributed by atoms with Gasteiger partial charge < -0.3 is 9.47 Å². The van der Waals surface area contributed by atoms with Crippen LogP contribution in [0.15, 0.2) is 30.3 Å². The molecule has 0 unspecified atom stereocenters. The highest BCUT2D eigenvalue weighted by Crippen LogP contribution is 2.40. The zero-order chi connectivity index (χ0) is 18.1. The van der Waals surface area contributed by atoms with Crippen molar-refractivity contribution in [2.24, 2.45) is 11.8 Å². The van der Waals surface area contributed by atoms with E-state index < -0.39 is 6.09 Å². The molecule has 0 aliphatic heterocycles. The van der Waals surface area contributed by atoms with E-state index in [-0.39, 0.29) is 23.9 Å². The van der Waals surface area contributed by atoms with Crippen LogP contribution >= 0.6 is 0 Å². The number of methoxy groups -OCH3 is 1. The van der Waals surface area contributed by atoms with Gasteiger partial charge in [-0.15, -0.1) is 0 Å². The smallest absolute Gasteiger partial charge is 0.411 e. The summed E-state index contributed by atoms with van der Waals surface area (Å²) in [7, 11) is 1.42. The number of amides is 1. The van der Waals surface area contributed by atoms with E-state index in [1.54, 1.807) is 0 Å². The first-order valence-corrected chi connectivity index (χ1v) is 9.23. The third-order valence-electron chi connectivity index (χ3n) is 4.98. The topological polar surface area (TPSA) is 64.6 Å². The van der Waals surface area contributed by atoms with E-state index in [1.165, 1.54) is 7.11 Å². The lowest BCUT2D eigenvalue weighted by atomic mass is 9.87. The van der Waals surface area contributed by atoms with E-state index in [2.05, 4.69) is 12.2 Å². The van der Waals surface area contributed by atoms with Crippen LogP contribution in [0.3, 0.4) is 0 Å². The number of benzene rings is 1. The van der Waals surface area contributed by atoms with Crippen molar-refractivity contribution in [1.82, 2.24) is 0 Å². The number of esters is 1. The summed E-state index contributed by atoms with van der Waals surface area (Å²) in [5.74, 6) is 0.283. The van der Waals surface area contributed by atoms with Gasteiger partial charge in [0.25, 0.3) is 0 Å². The Morgan fingerprint density at radius 1 is 1.16 bits per heavy atom. The van der Waals surface area contributed by atoms with Crippen molar-refractivity contribution in [2.45, 2.75) is 58.0 Å². The molecule has 1 aliphatic rings. The minimum Gasteiger partial charge on any atom is -0.469 e. The van der Waals surface area contributed by atoms with Gasteiger partial charge in [-0.25, -0.2) is 4.79 Å². The Kier molecular flexibility index (Phi) is 7.76. The lowest BCUT2D eigenvalue weighted by molar-refractivity contribution is -0.142. The number of carbonyl (C=O) groups excluding carboxylic acids is 2. The number of nitrogens with one attached hydrogen (secondary N) is 1. The van der Waals surface area contributed by atoms with Gasteiger partial charge in [0.2, 0.25) is 0 Å². The van der Waals surface area contributed by atoms with Crippen LogP contribution in [0.5, 0.6) is 0 Å². The van der Waals surface area contributed by atoms with E-state index in [4.69, 9.17) is 9.47 Å². The van der Waals surface area contributed by atoms with Gasteiger partial charge in [0.1, 0.15) is 6.10 Å². The zero-order valence-electron chi connectivity index (χ0n) is 15.2. The van der Waals surface area contributed by atoms with Gasteiger partial charge in [0, 0.05) is 12.1 Å². The molecule has 1 amide bonds. The maximum atomic E-state index is 12.2. The van der Waals surface area contributed by atoms with Gasteiger partial charge in [-0.3, -0.25) is 10.1 Å². The molecule has 1 aromatic rings. The minimum absolute atomic E-state index is 0.129. The summed E-state index contributed by atoms with van der Waals surface area (Å²) >= 11 is 0. The van der Waals surface area contributed by atoms with Crippen molar-refractivity contribution in [2.75, 3.05) is 12.4 Å². The van der Waals surface area contributed by atoms with E-state index in [0.29, 0.717) is 6.42 Å². The second kappa shape index (κ2) is 10.1. The highest BCUT2D eigenvalue weighted by molar-refractivity contribution is 5.84. The van der Waals surface area contributed by atoms with Gasteiger partial charge in [-0.1, -0.05) is 44.4 Å². The van der Waals surface area contributed by atoms with Crippen LogP contribution in [0, 0.1) is 11.8 Å². The molecule has 138 valence electrons. The fourth-order valence-electron chi connectivity index (χ4n) is 3.67. The van der Waals surface area contributed by atoms with Crippen LogP contribution in [-0.2, 0) is 14.3 Å². The molecule has 3 atom stereocenters. The number of carbonyl (C=O) groups is 2. The van der Waals surface area contributed by atoms with Gasteiger partial charge in [-0.2, -0.15) is 0 Å². The second-order valence-corrected chi connectivity index (χ2v) is 6.71. The molecule has 0 radical (unpaired) electrons. The molecule has 1 aromatic carbocycles. The van der Waals surface area contributed by atoms with Gasteiger partial charge >= 0.3 is 12.1 Å². The van der Waals surface area contributed by atoms with Crippen LogP contribution in [0.25, 0.3) is 0 Å². The molecule has 2 rings (SSSR count). The number of hydrogen-bond donors (Lipinski definition) is 1. The Hall–Kier alpha value is -2.04. The summed E-state index contributed by atoms with van der Waals surface area (Å²) in [4.78, 5) is 23.9. The summed E-state index contributed by atoms with van der Waals surface area (Å²) in [5, 5.41) is 2.77. The van der Waals surface area contributed by atoms with Crippen molar-refractivity contribution in [3.63, 3.8) is 0 Å². The fraction of sp³-hybridized carbons (Fsp3) is 0.600. The predicted molar refractivity (Wildman–Crippen MR) is 97.3 cm³/mol. The fourth-order valence-corrected chi connectivity index (χ4v) is 3.67. The summed E-state index contributed by atoms with van der Waals surface area (Å²) in [6, 6.07) is 9.29. The van der Waals surface area contributed by atoms with Crippen LogP contribution in [-0.4, -0.2) is 25.3 Å². The largest absolute Gasteiger partial charge is 0.469 e. The number of hydrogen-bond acceptors (Lipinski definition) is 4. The summed E-state index contributed by atoms with van der Waals surface area (Å²) in [6.07, 6.45) is 5.95. The molecular formula is C20H29NO4. The first-order chi connectivity index (χ1) is 12.1. The lowest BCUT2D eigenvalue weighted by Crippen LogP contribution is -2.28. The molecule has 5 heteroatoms. The molecular weight excluding hydrogens is 318 g/mol. The van der Waals surface area contributed by atoms with E-state index in [9.17, 15) is 9.59 Å². The maximum absolute atomic E-state index is 12.2. The minimum atomic E-state index is -0.421. The zero-order valence-corrected chi connectivity index (χ0v) is 15.2. The Morgan fingerprint density at radius 3 is 2.60 bits per heavy atom. The predicted octanol–water partition coefficient (Wildman–Crippen LogP) is 4.77. The van der Waals surface area contributed by atoms with Crippen molar-refractivity contribution in [3.05, 3.63) is 30.3 Å². The first-order valence-electron chi connectivity index (χ1n) is 9.23. The Morgan fingerprint density at radius 2 is 1.92 bits per heavy atom. The van der Waals surface area contributed by atoms with Gasteiger partial charge in [-0.05, 0) is 43.2 Å². The van der Waals surface area contributed by atoms with Crippen LogP contribution < -0.4 is 5.32 Å². The molecule has 25 heavy (non-hydrogen) atoms. The molecule has 0 heterocycles. The summed E-state index contributed by atoms with van der Waals surface area (Å²) in [5.41, 5.74) is 0.721. The molecule has 0 bridgehead atoms. The molecule has 1 fully saturated rings. The number of unbranched alkanes of at least 4 members (excludes halogenated alkanes) is 2. The Bertz CT molecular complexity index is 546. The normalized spacial score (nSPS) is 22.4. The molecule has 0 spiro atoms. The number of anilines is 1. The molecule has 5 nitrogen and oxygen atoms in total. The number of para-hydroxylation sites is 1.